The largest absolute Gasteiger partial charge is 0.494 e. The van der Waals surface area contributed by atoms with E-state index in [1.54, 1.807) is 0 Å². The first-order valence-corrected chi connectivity index (χ1v) is 11.1. The van der Waals surface area contributed by atoms with E-state index in [9.17, 15) is 5.11 Å². The van der Waals surface area contributed by atoms with Crippen molar-refractivity contribution in [3.05, 3.63) is 71.8 Å². The van der Waals surface area contributed by atoms with E-state index >= 15 is 0 Å². The van der Waals surface area contributed by atoms with Gasteiger partial charge in [-0.3, -0.25) is 4.90 Å². The number of benzene rings is 2. The minimum Gasteiger partial charge on any atom is -0.494 e. The molecular weight excluding hydrogens is 358 g/mol. The van der Waals surface area contributed by atoms with E-state index in [2.05, 4.69) is 59.5 Å². The summed E-state index contributed by atoms with van der Waals surface area (Å²) in [6.07, 6.45) is 9.68. The highest BCUT2D eigenvalue weighted by Gasteiger charge is 2.49. The van der Waals surface area contributed by atoms with Gasteiger partial charge in [0.15, 0.2) is 0 Å². The lowest BCUT2D eigenvalue weighted by Crippen LogP contribution is -2.54. The van der Waals surface area contributed by atoms with Gasteiger partial charge in [-0.2, -0.15) is 0 Å². The molecule has 2 aromatic carbocycles. The van der Waals surface area contributed by atoms with Crippen molar-refractivity contribution in [3.63, 3.8) is 0 Å². The van der Waals surface area contributed by atoms with Crippen molar-refractivity contribution in [1.29, 1.82) is 0 Å². The third-order valence-corrected chi connectivity index (χ3v) is 6.66. The average Bonchev–Trinajstić information content (AvgIpc) is 2.75. The van der Waals surface area contributed by atoms with Crippen LogP contribution in [0.1, 0.15) is 56.2 Å². The minimum atomic E-state index is -0.540. The maximum atomic E-state index is 11.5. The Bertz CT molecular complexity index is 818. The third kappa shape index (κ3) is 4.41. The third-order valence-electron chi connectivity index (χ3n) is 6.66. The molecule has 3 atom stereocenters. The summed E-state index contributed by atoms with van der Waals surface area (Å²) in [5, 5.41) is 11.5. The highest BCUT2D eigenvalue weighted by atomic mass is 16.5. The molecule has 3 heteroatoms. The van der Waals surface area contributed by atoms with Crippen LogP contribution in [0.5, 0.6) is 5.75 Å². The van der Waals surface area contributed by atoms with E-state index in [0.29, 0.717) is 6.61 Å². The van der Waals surface area contributed by atoms with Crippen molar-refractivity contribution in [1.82, 2.24) is 4.90 Å². The standard InChI is InChI=1S/C26H33NO2/c1-2-29-24-16-7-6-14-22(24)25-23-15-8-9-17-26(23,28)18-20-27(25)19-10-13-21-11-4-3-5-12-21/h3-7,10-14,16,23,25,28H,2,8-9,15,17-20H2,1H3/b13-10+/t23-,25-,26-/m1/s1. The van der Waals surface area contributed by atoms with E-state index in [4.69, 9.17) is 4.74 Å². The molecule has 1 heterocycles. The van der Waals surface area contributed by atoms with Gasteiger partial charge in [-0.1, -0.05) is 73.5 Å². The Balaban J connectivity index is 1.63. The van der Waals surface area contributed by atoms with Gasteiger partial charge in [-0.05, 0) is 37.8 Å². The molecule has 154 valence electrons. The summed E-state index contributed by atoms with van der Waals surface area (Å²) in [7, 11) is 0. The van der Waals surface area contributed by atoms with Crippen molar-refractivity contribution in [2.75, 3.05) is 19.7 Å². The molecule has 1 aliphatic heterocycles. The molecular formula is C26H33NO2. The van der Waals surface area contributed by atoms with Crippen LogP contribution in [0.2, 0.25) is 0 Å². The Morgan fingerprint density at radius 1 is 1.07 bits per heavy atom. The van der Waals surface area contributed by atoms with Gasteiger partial charge in [0.1, 0.15) is 5.75 Å². The van der Waals surface area contributed by atoms with Crippen LogP contribution in [0.4, 0.5) is 0 Å². The van der Waals surface area contributed by atoms with Gasteiger partial charge in [-0.25, -0.2) is 0 Å². The summed E-state index contributed by atoms with van der Waals surface area (Å²) in [5.41, 5.74) is 1.92. The minimum absolute atomic E-state index is 0.192. The lowest BCUT2D eigenvalue weighted by molar-refractivity contribution is -0.122. The first kappa shape index (κ1) is 20.2. The summed E-state index contributed by atoms with van der Waals surface area (Å²) in [5.74, 6) is 1.23. The zero-order chi connectivity index (χ0) is 20.1. The maximum absolute atomic E-state index is 11.5. The van der Waals surface area contributed by atoms with Crippen molar-refractivity contribution in [2.45, 2.75) is 50.7 Å². The molecule has 3 nitrogen and oxygen atoms in total. The topological polar surface area (TPSA) is 32.7 Å². The van der Waals surface area contributed by atoms with Gasteiger partial charge in [0, 0.05) is 30.6 Å². The van der Waals surface area contributed by atoms with Crippen molar-refractivity contribution in [2.24, 2.45) is 5.92 Å². The molecule has 0 unspecified atom stereocenters. The number of para-hydroxylation sites is 1. The fourth-order valence-corrected chi connectivity index (χ4v) is 5.26. The zero-order valence-electron chi connectivity index (χ0n) is 17.5. The van der Waals surface area contributed by atoms with Gasteiger partial charge in [-0.15, -0.1) is 0 Å². The first-order valence-electron chi connectivity index (χ1n) is 11.1. The second-order valence-electron chi connectivity index (χ2n) is 8.43. The van der Waals surface area contributed by atoms with Gasteiger partial charge in [0.25, 0.3) is 0 Å². The van der Waals surface area contributed by atoms with Crippen LogP contribution in [-0.2, 0) is 0 Å². The molecule has 1 saturated carbocycles. The normalized spacial score (nSPS) is 27.7. The van der Waals surface area contributed by atoms with Crippen molar-refractivity contribution < 1.29 is 9.84 Å². The number of rotatable bonds is 6. The Morgan fingerprint density at radius 3 is 2.69 bits per heavy atom. The molecule has 1 N–H and O–H groups in total. The molecule has 29 heavy (non-hydrogen) atoms. The van der Waals surface area contributed by atoms with Crippen LogP contribution in [0.15, 0.2) is 60.7 Å². The SMILES string of the molecule is CCOc1ccccc1[C@@H]1[C@H]2CCCC[C@@]2(O)CCN1C/C=C/c1ccccc1. The molecule has 0 spiro atoms. The Kier molecular flexibility index (Phi) is 6.37. The summed E-state index contributed by atoms with van der Waals surface area (Å²) in [6.45, 7) is 4.49. The molecule has 1 aliphatic carbocycles. The summed E-state index contributed by atoms with van der Waals surface area (Å²) in [6, 6.07) is 19.1. The van der Waals surface area contributed by atoms with E-state index in [1.165, 1.54) is 17.5 Å². The van der Waals surface area contributed by atoms with Crippen molar-refractivity contribution >= 4 is 6.08 Å². The number of nitrogens with zero attached hydrogens (tertiary/aromatic N) is 1. The Labute approximate surface area is 175 Å². The predicted molar refractivity (Wildman–Crippen MR) is 119 cm³/mol. The molecule has 4 rings (SSSR count). The number of hydrogen-bond acceptors (Lipinski definition) is 3. The molecule has 2 fully saturated rings. The molecule has 0 amide bonds. The monoisotopic (exact) mass is 391 g/mol. The van der Waals surface area contributed by atoms with E-state index in [1.807, 2.05) is 19.1 Å². The second-order valence-corrected chi connectivity index (χ2v) is 8.43. The van der Waals surface area contributed by atoms with Gasteiger partial charge in [0.05, 0.1) is 12.2 Å². The summed E-state index contributed by atoms with van der Waals surface area (Å²) < 4.78 is 6.00. The van der Waals surface area contributed by atoms with Crippen LogP contribution in [0.25, 0.3) is 6.08 Å². The van der Waals surface area contributed by atoms with Crippen LogP contribution in [0.3, 0.4) is 0 Å². The molecule has 1 saturated heterocycles. The van der Waals surface area contributed by atoms with Gasteiger partial charge in [0.2, 0.25) is 0 Å². The Hall–Kier alpha value is -2.10. The van der Waals surface area contributed by atoms with Gasteiger partial charge < -0.3 is 9.84 Å². The number of aliphatic hydroxyl groups is 1. The van der Waals surface area contributed by atoms with Gasteiger partial charge >= 0.3 is 0 Å². The van der Waals surface area contributed by atoms with E-state index in [0.717, 1.165) is 44.5 Å². The number of likely N-dealkylation sites (tertiary alicyclic amines) is 1. The zero-order valence-corrected chi connectivity index (χ0v) is 17.5. The molecule has 2 aromatic rings. The number of hydrogen-bond donors (Lipinski definition) is 1. The lowest BCUT2D eigenvalue weighted by atomic mass is 9.66. The van der Waals surface area contributed by atoms with Crippen LogP contribution in [-0.4, -0.2) is 35.3 Å². The number of ether oxygens (including phenoxy) is 1. The average molecular weight is 392 g/mol. The van der Waals surface area contributed by atoms with E-state index in [-0.39, 0.29) is 12.0 Å². The van der Waals surface area contributed by atoms with Crippen LogP contribution >= 0.6 is 0 Å². The highest BCUT2D eigenvalue weighted by molar-refractivity contribution is 5.49. The smallest absolute Gasteiger partial charge is 0.124 e. The predicted octanol–water partition coefficient (Wildman–Crippen LogP) is 5.47. The summed E-state index contributed by atoms with van der Waals surface area (Å²) in [4.78, 5) is 2.54. The van der Waals surface area contributed by atoms with E-state index < -0.39 is 5.60 Å². The molecule has 0 aromatic heterocycles. The van der Waals surface area contributed by atoms with Crippen LogP contribution < -0.4 is 4.74 Å². The molecule has 0 radical (unpaired) electrons. The van der Waals surface area contributed by atoms with Crippen molar-refractivity contribution in [3.8, 4) is 5.75 Å². The van der Waals surface area contributed by atoms with Crippen LogP contribution in [0, 0.1) is 5.92 Å². The molecule has 2 aliphatic rings. The fraction of sp³-hybridized carbons (Fsp3) is 0.462. The quantitative estimate of drug-likeness (QED) is 0.709. The lowest BCUT2D eigenvalue weighted by Gasteiger charge is -2.52. The highest BCUT2D eigenvalue weighted by Crippen LogP contribution is 2.50. The molecule has 0 bridgehead atoms. The maximum Gasteiger partial charge on any atom is 0.124 e. The number of piperidine rings is 1. The summed E-state index contributed by atoms with van der Waals surface area (Å²) >= 11 is 0. The Morgan fingerprint density at radius 2 is 1.86 bits per heavy atom. The second kappa shape index (κ2) is 9.15. The first-order chi connectivity index (χ1) is 14.2. The fourth-order valence-electron chi connectivity index (χ4n) is 5.26. The number of fused-ring (bicyclic) bond motifs is 1.